The molecule has 7 heteroatoms. The average molecular weight is 353 g/mol. The predicted octanol–water partition coefficient (Wildman–Crippen LogP) is 1.90. The lowest BCUT2D eigenvalue weighted by molar-refractivity contribution is -0.134. The van der Waals surface area contributed by atoms with Gasteiger partial charge in [-0.2, -0.15) is 0 Å². The van der Waals surface area contributed by atoms with Gasteiger partial charge in [-0.1, -0.05) is 6.07 Å². The summed E-state index contributed by atoms with van der Waals surface area (Å²) >= 11 is 0. The number of methoxy groups -OCH3 is 1. The second kappa shape index (κ2) is 7.35. The van der Waals surface area contributed by atoms with Crippen LogP contribution in [0.15, 0.2) is 48.8 Å². The molecule has 0 saturated heterocycles. The van der Waals surface area contributed by atoms with E-state index in [1.54, 1.807) is 42.7 Å². The van der Waals surface area contributed by atoms with Gasteiger partial charge in [-0.15, -0.1) is 0 Å². The number of ether oxygens (including phenoxy) is 1. The fourth-order valence-electron chi connectivity index (χ4n) is 2.63. The van der Waals surface area contributed by atoms with Gasteiger partial charge in [0.15, 0.2) is 0 Å². The largest absolute Gasteiger partial charge is 0.465 e. The highest BCUT2D eigenvalue weighted by molar-refractivity contribution is 6.13. The molecule has 0 spiro atoms. The van der Waals surface area contributed by atoms with Gasteiger partial charge in [0.1, 0.15) is 5.41 Å². The molecule has 1 saturated carbocycles. The van der Waals surface area contributed by atoms with Gasteiger partial charge in [0.05, 0.1) is 12.7 Å². The maximum absolute atomic E-state index is 12.6. The van der Waals surface area contributed by atoms with Gasteiger partial charge < -0.3 is 15.4 Å². The number of rotatable bonds is 6. The van der Waals surface area contributed by atoms with Crippen molar-refractivity contribution in [3.63, 3.8) is 0 Å². The first kappa shape index (κ1) is 17.6. The van der Waals surface area contributed by atoms with Crippen molar-refractivity contribution < 1.29 is 19.1 Å². The standard InChI is InChI=1S/C19H19N3O4/c1-26-16(23)14-3-2-4-15(11-14)22-18(25)19(7-8-19)17(24)21-12-13-5-9-20-10-6-13/h2-6,9-11H,7-8,12H2,1H3,(H,21,24)(H,22,25). The lowest BCUT2D eigenvalue weighted by atomic mass is 10.0. The fraction of sp³-hybridized carbons (Fsp3) is 0.263. The van der Waals surface area contributed by atoms with Crippen molar-refractivity contribution in [1.29, 1.82) is 0 Å². The number of nitrogens with one attached hydrogen (secondary N) is 2. The quantitative estimate of drug-likeness (QED) is 0.611. The van der Waals surface area contributed by atoms with Gasteiger partial charge in [0.2, 0.25) is 11.8 Å². The highest BCUT2D eigenvalue weighted by Gasteiger charge is 2.56. The van der Waals surface area contributed by atoms with Crippen LogP contribution in [0.1, 0.15) is 28.8 Å². The second-order valence-electron chi connectivity index (χ2n) is 6.15. The molecule has 1 aliphatic carbocycles. The summed E-state index contributed by atoms with van der Waals surface area (Å²) in [6, 6.07) is 10.0. The third kappa shape index (κ3) is 3.72. The van der Waals surface area contributed by atoms with E-state index in [0.29, 0.717) is 30.6 Å². The minimum atomic E-state index is -1.05. The van der Waals surface area contributed by atoms with Gasteiger partial charge in [0.25, 0.3) is 0 Å². The first-order valence-corrected chi connectivity index (χ1v) is 8.22. The van der Waals surface area contributed by atoms with Crippen LogP contribution in [0, 0.1) is 5.41 Å². The number of nitrogens with zero attached hydrogens (tertiary/aromatic N) is 1. The van der Waals surface area contributed by atoms with Crippen LogP contribution in [-0.2, 0) is 20.9 Å². The number of anilines is 1. The molecule has 1 aromatic heterocycles. The maximum atomic E-state index is 12.6. The van der Waals surface area contributed by atoms with Crippen molar-refractivity contribution in [1.82, 2.24) is 10.3 Å². The van der Waals surface area contributed by atoms with Crippen LogP contribution >= 0.6 is 0 Å². The molecule has 0 unspecified atom stereocenters. The molecule has 1 fully saturated rings. The number of esters is 1. The van der Waals surface area contributed by atoms with Crippen molar-refractivity contribution in [3.8, 4) is 0 Å². The Labute approximate surface area is 150 Å². The molecule has 2 aromatic rings. The molecule has 134 valence electrons. The summed E-state index contributed by atoms with van der Waals surface area (Å²) in [6.45, 7) is 0.341. The molecule has 3 rings (SSSR count). The molecular formula is C19H19N3O4. The first-order chi connectivity index (χ1) is 12.5. The number of amides is 2. The van der Waals surface area contributed by atoms with Crippen LogP contribution in [0.3, 0.4) is 0 Å². The normalized spacial score (nSPS) is 14.2. The van der Waals surface area contributed by atoms with E-state index in [1.165, 1.54) is 13.2 Å². The van der Waals surface area contributed by atoms with Gasteiger partial charge in [-0.3, -0.25) is 14.6 Å². The minimum Gasteiger partial charge on any atom is -0.465 e. The molecule has 26 heavy (non-hydrogen) atoms. The van der Waals surface area contributed by atoms with Gasteiger partial charge >= 0.3 is 5.97 Å². The van der Waals surface area contributed by atoms with Gasteiger partial charge in [0, 0.05) is 24.6 Å². The predicted molar refractivity (Wildman–Crippen MR) is 94.2 cm³/mol. The lowest BCUT2D eigenvalue weighted by Gasteiger charge is -2.16. The Morgan fingerprint density at radius 1 is 1.12 bits per heavy atom. The monoisotopic (exact) mass is 353 g/mol. The highest BCUT2D eigenvalue weighted by Crippen LogP contribution is 2.46. The van der Waals surface area contributed by atoms with Crippen molar-refractivity contribution in [3.05, 3.63) is 59.9 Å². The van der Waals surface area contributed by atoms with Crippen molar-refractivity contribution in [2.24, 2.45) is 5.41 Å². The fourth-order valence-corrected chi connectivity index (χ4v) is 2.63. The summed E-state index contributed by atoms with van der Waals surface area (Å²) in [7, 11) is 1.29. The molecule has 0 bridgehead atoms. The summed E-state index contributed by atoms with van der Waals surface area (Å²) < 4.78 is 4.67. The maximum Gasteiger partial charge on any atom is 0.337 e. The van der Waals surface area contributed by atoms with Crippen LogP contribution < -0.4 is 10.6 Å². The third-order valence-electron chi connectivity index (χ3n) is 4.36. The Balaban J connectivity index is 1.63. The number of benzene rings is 1. The van der Waals surface area contributed by atoms with Crippen molar-refractivity contribution in [2.45, 2.75) is 19.4 Å². The van der Waals surface area contributed by atoms with Crippen molar-refractivity contribution >= 4 is 23.5 Å². The zero-order valence-corrected chi connectivity index (χ0v) is 14.3. The Hall–Kier alpha value is -3.22. The average Bonchev–Trinajstić information content (AvgIpc) is 3.48. The zero-order chi connectivity index (χ0) is 18.6. The van der Waals surface area contributed by atoms with Crippen LogP contribution in [0.4, 0.5) is 5.69 Å². The van der Waals surface area contributed by atoms with Crippen molar-refractivity contribution in [2.75, 3.05) is 12.4 Å². The Kier molecular flexibility index (Phi) is 4.97. The summed E-state index contributed by atoms with van der Waals surface area (Å²) in [6.07, 6.45) is 4.29. The third-order valence-corrected chi connectivity index (χ3v) is 4.36. The lowest BCUT2D eigenvalue weighted by Crippen LogP contribution is -2.39. The van der Waals surface area contributed by atoms with E-state index in [1.807, 2.05) is 0 Å². The Morgan fingerprint density at radius 2 is 1.85 bits per heavy atom. The van der Waals surface area contributed by atoms with Crippen LogP contribution in [-0.4, -0.2) is 29.9 Å². The number of hydrogen-bond acceptors (Lipinski definition) is 5. The summed E-state index contributed by atoms with van der Waals surface area (Å²) in [5.74, 6) is -1.15. The number of hydrogen-bond donors (Lipinski definition) is 2. The first-order valence-electron chi connectivity index (χ1n) is 8.22. The smallest absolute Gasteiger partial charge is 0.337 e. The number of carbonyl (C=O) groups is 3. The SMILES string of the molecule is COC(=O)c1cccc(NC(=O)C2(C(=O)NCc3ccncc3)CC2)c1. The Bertz CT molecular complexity index is 832. The van der Waals surface area contributed by atoms with Crippen LogP contribution in [0.25, 0.3) is 0 Å². The molecule has 2 amide bonds. The number of aromatic nitrogens is 1. The van der Waals surface area contributed by atoms with E-state index in [2.05, 4.69) is 20.4 Å². The van der Waals surface area contributed by atoms with E-state index < -0.39 is 11.4 Å². The van der Waals surface area contributed by atoms with Crippen LogP contribution in [0.5, 0.6) is 0 Å². The molecule has 1 aliphatic rings. The van der Waals surface area contributed by atoms with E-state index in [4.69, 9.17) is 0 Å². The number of carbonyl (C=O) groups excluding carboxylic acids is 3. The van der Waals surface area contributed by atoms with Crippen LogP contribution in [0.2, 0.25) is 0 Å². The van der Waals surface area contributed by atoms with E-state index >= 15 is 0 Å². The summed E-state index contributed by atoms with van der Waals surface area (Å²) in [5.41, 5.74) is 0.646. The molecular weight excluding hydrogens is 334 g/mol. The van der Waals surface area contributed by atoms with E-state index in [-0.39, 0.29) is 11.8 Å². The minimum absolute atomic E-state index is 0.295. The molecule has 2 N–H and O–H groups in total. The summed E-state index contributed by atoms with van der Waals surface area (Å²) in [5, 5.41) is 5.53. The molecule has 0 aliphatic heterocycles. The van der Waals surface area contributed by atoms with Gasteiger partial charge in [-0.05, 0) is 48.7 Å². The zero-order valence-electron chi connectivity index (χ0n) is 14.3. The molecule has 7 nitrogen and oxygen atoms in total. The summed E-state index contributed by atoms with van der Waals surface area (Å²) in [4.78, 5) is 40.6. The molecule has 1 heterocycles. The second-order valence-corrected chi connectivity index (χ2v) is 6.15. The molecule has 0 atom stereocenters. The van der Waals surface area contributed by atoms with E-state index in [0.717, 1.165) is 5.56 Å². The number of pyridine rings is 1. The van der Waals surface area contributed by atoms with Gasteiger partial charge in [-0.25, -0.2) is 4.79 Å². The molecule has 0 radical (unpaired) electrons. The van der Waals surface area contributed by atoms with E-state index in [9.17, 15) is 14.4 Å². The topological polar surface area (TPSA) is 97.4 Å². The Morgan fingerprint density at radius 3 is 2.50 bits per heavy atom. The molecule has 1 aromatic carbocycles. The highest BCUT2D eigenvalue weighted by atomic mass is 16.5.